The van der Waals surface area contributed by atoms with Gasteiger partial charge in [0.25, 0.3) is 0 Å². The van der Waals surface area contributed by atoms with Crippen LogP contribution in [0.3, 0.4) is 0 Å². The average Bonchev–Trinajstić information content (AvgIpc) is 3.93. The largest absolute Gasteiger partial charge is 0.496 e. The van der Waals surface area contributed by atoms with Gasteiger partial charge in [0.2, 0.25) is 5.60 Å². The van der Waals surface area contributed by atoms with Crippen LogP contribution in [-0.2, 0) is 55.5 Å². The highest BCUT2D eigenvalue weighted by Gasteiger charge is 2.77. The molecule has 0 amide bonds. The first kappa shape index (κ1) is 45.7. The van der Waals surface area contributed by atoms with Crippen molar-refractivity contribution >= 4 is 46.5 Å². The van der Waals surface area contributed by atoms with Crippen molar-refractivity contribution in [3.63, 3.8) is 0 Å². The lowest BCUT2D eigenvalue weighted by Crippen LogP contribution is -2.78. The normalized spacial score (nSPS) is 31.1. The number of methoxy groups -OCH3 is 3. The number of anilines is 1. The van der Waals surface area contributed by atoms with E-state index in [9.17, 15) is 19.5 Å². The van der Waals surface area contributed by atoms with E-state index in [1.54, 1.807) is 13.2 Å². The van der Waals surface area contributed by atoms with Gasteiger partial charge in [-0.3, -0.25) is 19.4 Å². The molecule has 1 aliphatic carbocycles. The maximum atomic E-state index is 15.5. The van der Waals surface area contributed by atoms with Crippen LogP contribution in [0.2, 0.25) is 0 Å². The van der Waals surface area contributed by atoms with E-state index in [0.29, 0.717) is 62.4 Å². The zero-order valence-corrected chi connectivity index (χ0v) is 39.9. The van der Waals surface area contributed by atoms with Crippen molar-refractivity contribution in [1.82, 2.24) is 14.8 Å². The van der Waals surface area contributed by atoms with Gasteiger partial charge < -0.3 is 38.7 Å². The molecule has 6 aliphatic rings. The summed E-state index contributed by atoms with van der Waals surface area (Å²) in [5.41, 5.74) is 2.49. The maximum Gasteiger partial charge on any atom is 0.344 e. The third-order valence-electron chi connectivity index (χ3n) is 15.5. The highest BCUT2D eigenvalue weighted by Crippen LogP contribution is 2.65. The van der Waals surface area contributed by atoms with Gasteiger partial charge in [0, 0.05) is 97.5 Å². The molecule has 66 heavy (non-hydrogen) atoms. The number of esters is 4. The lowest BCUT2D eigenvalue weighted by Gasteiger charge is -2.59. The SMILES string of the molecule is CCC1=C[C@H]2CN(C1)Cc1c([nH]c3ccc(/C=C/C(=O)OC(C)(C)C)cc13)[C@@](C(=O)OC)(c1cc3c(cc1OC)N(C)[C@H]1[C@@](O)(C(=O)OC)[C@H](OC(C)=O)C4C(CC)=CCN5CC[C@]31[C@H]45)C2. The van der Waals surface area contributed by atoms with Crippen LogP contribution in [0.25, 0.3) is 17.0 Å². The molecule has 2 fully saturated rings. The monoisotopic (exact) mass is 904 g/mol. The van der Waals surface area contributed by atoms with E-state index in [1.807, 2.05) is 57.8 Å². The number of nitrogens with one attached hydrogen (secondary N) is 1. The number of carbonyl (C=O) groups excluding carboxylic acids is 4. The number of carbonyl (C=O) groups is 4. The second kappa shape index (κ2) is 16.4. The zero-order valence-electron chi connectivity index (χ0n) is 39.9. The van der Waals surface area contributed by atoms with Gasteiger partial charge in [-0.1, -0.05) is 43.2 Å². The van der Waals surface area contributed by atoms with Crippen LogP contribution in [0.1, 0.15) is 95.2 Å². The molecule has 1 aromatic heterocycles. The first-order valence-corrected chi connectivity index (χ1v) is 23.3. The van der Waals surface area contributed by atoms with Crippen molar-refractivity contribution in [2.75, 3.05) is 59.5 Å². The van der Waals surface area contributed by atoms with E-state index in [1.165, 1.54) is 32.8 Å². The second-order valence-corrected chi connectivity index (χ2v) is 20.2. The number of aromatic amines is 1. The number of nitrogens with zero attached hydrogens (tertiary/aromatic N) is 3. The Labute approximate surface area is 386 Å². The molecule has 2 bridgehead atoms. The predicted octanol–water partition coefficient (Wildman–Crippen LogP) is 6.11. The van der Waals surface area contributed by atoms with Gasteiger partial charge in [-0.05, 0) is 99.9 Å². The van der Waals surface area contributed by atoms with Gasteiger partial charge >= 0.3 is 23.9 Å². The third-order valence-corrected chi connectivity index (χ3v) is 15.5. The minimum atomic E-state index is -2.29. The molecule has 2 N–H and O–H groups in total. The first-order chi connectivity index (χ1) is 31.4. The molecule has 1 saturated heterocycles. The Morgan fingerprint density at radius 3 is 2.41 bits per heavy atom. The van der Waals surface area contributed by atoms with Crippen LogP contribution < -0.4 is 9.64 Å². The second-order valence-electron chi connectivity index (χ2n) is 20.2. The Bertz CT molecular complexity index is 2610. The number of fused-ring (bicyclic) bond motifs is 6. The molecular formula is C52H64N4O10. The molecule has 352 valence electrons. The highest BCUT2D eigenvalue weighted by atomic mass is 16.6. The van der Waals surface area contributed by atoms with E-state index in [2.05, 4.69) is 46.0 Å². The molecule has 2 aromatic carbocycles. The molecule has 3 aromatic rings. The van der Waals surface area contributed by atoms with E-state index in [0.717, 1.165) is 51.8 Å². The van der Waals surface area contributed by atoms with E-state index in [-0.39, 0.29) is 12.0 Å². The van der Waals surface area contributed by atoms with Crippen LogP contribution in [-0.4, -0.2) is 128 Å². The predicted molar refractivity (Wildman–Crippen MR) is 249 cm³/mol. The third kappa shape index (κ3) is 6.75. The molecule has 14 nitrogen and oxygen atoms in total. The summed E-state index contributed by atoms with van der Waals surface area (Å²) < 4.78 is 29.5. The fourth-order valence-electron chi connectivity index (χ4n) is 13.2. The van der Waals surface area contributed by atoms with Gasteiger partial charge in [0.1, 0.15) is 16.8 Å². The van der Waals surface area contributed by atoms with Crippen molar-refractivity contribution in [2.24, 2.45) is 11.8 Å². The van der Waals surface area contributed by atoms with E-state index >= 15 is 4.79 Å². The first-order valence-electron chi connectivity index (χ1n) is 23.3. The van der Waals surface area contributed by atoms with Gasteiger partial charge in [0.05, 0.1) is 27.4 Å². The van der Waals surface area contributed by atoms with Crippen molar-refractivity contribution in [3.8, 4) is 5.75 Å². The Hall–Kier alpha value is -5.44. The maximum absolute atomic E-state index is 15.5. The van der Waals surface area contributed by atoms with Crippen LogP contribution >= 0.6 is 0 Å². The zero-order chi connectivity index (χ0) is 47.2. The summed E-state index contributed by atoms with van der Waals surface area (Å²) in [6.07, 6.45) is 8.84. The minimum Gasteiger partial charge on any atom is -0.496 e. The average molecular weight is 905 g/mol. The number of aliphatic hydroxyl groups is 1. The smallest absolute Gasteiger partial charge is 0.344 e. The minimum absolute atomic E-state index is 0.0447. The standard InChI is InChI=1S/C52H64N4O10/c1-11-30-21-32-25-51(47(59)63-9,43-35(28-55(26-30)27-32)34-22-31(13-15-38(34)53-43)14-16-41(58)66-49(4,5)6)37-23-36-39(24-40(37)62-8)54(7)46-50(36)18-20-56-19-17-33(12-2)42(44(50)56)45(65-29(3)57)52(46,61)48(60)64-10/h13-17,21-24,32,42,44-46,53,61H,11-12,18-20,25-28H2,1-10H3/b16-14+/t32-,42?,44+,45-,46-,50-,51+,52-/m1/s1. The van der Waals surface area contributed by atoms with Crippen LogP contribution in [0.15, 0.2) is 59.7 Å². The van der Waals surface area contributed by atoms with Gasteiger partial charge in [0.15, 0.2) is 6.10 Å². The lowest BCUT2D eigenvalue weighted by molar-refractivity contribution is -0.212. The van der Waals surface area contributed by atoms with Gasteiger partial charge in [-0.2, -0.15) is 0 Å². The molecule has 1 saturated carbocycles. The summed E-state index contributed by atoms with van der Waals surface area (Å²) in [6, 6.07) is 8.81. The van der Waals surface area contributed by atoms with E-state index in [4.69, 9.17) is 23.7 Å². The molecule has 6 heterocycles. The van der Waals surface area contributed by atoms with Crippen molar-refractivity contribution in [3.05, 3.63) is 87.7 Å². The van der Waals surface area contributed by atoms with Gasteiger partial charge in [-0.25, -0.2) is 9.59 Å². The molecule has 1 spiro atoms. The van der Waals surface area contributed by atoms with Crippen LogP contribution in [0.4, 0.5) is 5.69 Å². The fraction of sp³-hybridized carbons (Fsp3) is 0.538. The molecule has 14 heteroatoms. The molecule has 2 unspecified atom stereocenters. The summed E-state index contributed by atoms with van der Waals surface area (Å²) in [4.78, 5) is 66.2. The molecular weight excluding hydrogens is 841 g/mol. The number of aromatic nitrogens is 1. The quantitative estimate of drug-likeness (QED) is 0.110. The van der Waals surface area contributed by atoms with E-state index < -0.39 is 64.0 Å². The Balaban J connectivity index is 1.31. The molecule has 9 rings (SSSR count). The topological polar surface area (TPSA) is 160 Å². The number of benzene rings is 2. The summed E-state index contributed by atoms with van der Waals surface area (Å²) >= 11 is 0. The fourth-order valence-corrected chi connectivity index (χ4v) is 13.2. The Morgan fingerprint density at radius 1 is 0.985 bits per heavy atom. The van der Waals surface area contributed by atoms with Crippen LogP contribution in [0.5, 0.6) is 5.75 Å². The number of ether oxygens (including phenoxy) is 5. The molecule has 5 aliphatic heterocycles. The summed E-state index contributed by atoms with van der Waals surface area (Å²) in [5.74, 6) is -2.51. The summed E-state index contributed by atoms with van der Waals surface area (Å²) in [5, 5.41) is 14.2. The number of H-pyrrole nitrogens is 1. The summed E-state index contributed by atoms with van der Waals surface area (Å²) in [7, 11) is 6.15. The summed E-state index contributed by atoms with van der Waals surface area (Å²) in [6.45, 7) is 14.4. The molecule has 9 atom stereocenters. The Morgan fingerprint density at radius 2 is 1.74 bits per heavy atom. The van der Waals surface area contributed by atoms with Crippen molar-refractivity contribution in [2.45, 2.75) is 114 Å². The van der Waals surface area contributed by atoms with Crippen LogP contribution in [0, 0.1) is 11.8 Å². The highest BCUT2D eigenvalue weighted by molar-refractivity contribution is 5.96. The van der Waals surface area contributed by atoms with Crippen molar-refractivity contribution < 1.29 is 48.0 Å². The number of hydrogen-bond donors (Lipinski definition) is 2. The lowest BCUT2D eigenvalue weighted by atomic mass is 9.52. The van der Waals surface area contributed by atoms with Crippen molar-refractivity contribution in [1.29, 1.82) is 0 Å². The van der Waals surface area contributed by atoms with Gasteiger partial charge in [-0.15, -0.1) is 0 Å². The number of likely N-dealkylation sites (N-methyl/N-ethyl adjacent to an activating group) is 1. The Kier molecular flexibility index (Phi) is 11.4. The number of rotatable bonds is 9. The number of hydrogen-bond acceptors (Lipinski definition) is 13. The molecule has 0 radical (unpaired) electrons.